The van der Waals surface area contributed by atoms with Gasteiger partial charge in [-0.05, 0) is 36.2 Å². The molecule has 0 unspecified atom stereocenters. The summed E-state index contributed by atoms with van der Waals surface area (Å²) in [6.07, 6.45) is 0.429. The fourth-order valence-corrected chi connectivity index (χ4v) is 2.53. The molecule has 6 nitrogen and oxygen atoms in total. The molecule has 0 N–H and O–H groups in total. The maximum atomic E-state index is 13.6. The maximum absolute atomic E-state index is 13.6. The van der Waals surface area contributed by atoms with Crippen molar-refractivity contribution in [1.82, 2.24) is 0 Å². The highest BCUT2D eigenvalue weighted by Crippen LogP contribution is 2.31. The lowest BCUT2D eigenvalue weighted by atomic mass is 10.1. The van der Waals surface area contributed by atoms with E-state index in [1.165, 1.54) is 33.5 Å². The molecule has 27 heavy (non-hydrogen) atoms. The van der Waals surface area contributed by atoms with Gasteiger partial charge in [0.2, 0.25) is 0 Å². The van der Waals surface area contributed by atoms with Crippen LogP contribution in [0.4, 0.5) is 4.39 Å². The molecule has 0 saturated heterocycles. The zero-order valence-corrected chi connectivity index (χ0v) is 15.4. The summed E-state index contributed by atoms with van der Waals surface area (Å²) in [6.45, 7) is -0.458. The van der Waals surface area contributed by atoms with Crippen LogP contribution in [-0.4, -0.2) is 39.7 Å². The van der Waals surface area contributed by atoms with Gasteiger partial charge in [0.25, 0.3) is 0 Å². The Morgan fingerprint density at radius 3 is 2.33 bits per heavy atom. The monoisotopic (exact) mass is 376 g/mol. The van der Waals surface area contributed by atoms with Gasteiger partial charge in [0.05, 0.1) is 21.3 Å². The Balaban J connectivity index is 1.90. The lowest BCUT2D eigenvalue weighted by Gasteiger charge is -2.12. The van der Waals surface area contributed by atoms with E-state index >= 15 is 0 Å². The van der Waals surface area contributed by atoms with Gasteiger partial charge in [-0.25, -0.2) is 4.39 Å². The minimum absolute atomic E-state index is 0.0378. The van der Waals surface area contributed by atoms with Gasteiger partial charge >= 0.3 is 5.97 Å². The minimum atomic E-state index is -0.653. The summed E-state index contributed by atoms with van der Waals surface area (Å²) >= 11 is 0. The Hall–Kier alpha value is -3.09. The first-order valence-corrected chi connectivity index (χ1v) is 8.22. The Bertz CT molecular complexity index is 818. The number of ketones is 1. The van der Waals surface area contributed by atoms with Crippen molar-refractivity contribution in [2.24, 2.45) is 0 Å². The van der Waals surface area contributed by atoms with E-state index in [1.54, 1.807) is 12.1 Å². The maximum Gasteiger partial charge on any atom is 0.306 e. The van der Waals surface area contributed by atoms with Gasteiger partial charge in [0, 0.05) is 12.0 Å². The summed E-state index contributed by atoms with van der Waals surface area (Å²) in [5.74, 6) is -0.528. The molecule has 0 radical (unpaired) electrons. The van der Waals surface area contributed by atoms with Gasteiger partial charge in [-0.2, -0.15) is 0 Å². The molecule has 0 saturated carbocycles. The Morgan fingerprint density at radius 1 is 0.963 bits per heavy atom. The van der Waals surface area contributed by atoms with Crippen LogP contribution >= 0.6 is 0 Å². The molecule has 0 aliphatic heterocycles. The first kappa shape index (κ1) is 20.2. The van der Waals surface area contributed by atoms with Gasteiger partial charge in [0.1, 0.15) is 0 Å². The average Bonchev–Trinajstić information content (AvgIpc) is 2.69. The van der Waals surface area contributed by atoms with Gasteiger partial charge < -0.3 is 18.9 Å². The van der Waals surface area contributed by atoms with Crippen molar-refractivity contribution >= 4 is 11.8 Å². The van der Waals surface area contributed by atoms with Gasteiger partial charge in [-0.3, -0.25) is 9.59 Å². The molecular weight excluding hydrogens is 355 g/mol. The second-order valence-corrected chi connectivity index (χ2v) is 5.59. The van der Waals surface area contributed by atoms with Crippen LogP contribution in [0, 0.1) is 5.82 Å². The van der Waals surface area contributed by atoms with Crippen LogP contribution in [0.25, 0.3) is 0 Å². The Kier molecular flexibility index (Phi) is 7.16. The number of methoxy groups -OCH3 is 3. The SMILES string of the molecule is COc1ccc(C(=O)COC(=O)CCc2cccc(OC)c2OC)cc1F. The minimum Gasteiger partial charge on any atom is -0.494 e. The van der Waals surface area contributed by atoms with Crippen LogP contribution < -0.4 is 14.2 Å². The van der Waals surface area contributed by atoms with Gasteiger partial charge in [0.15, 0.2) is 35.5 Å². The smallest absolute Gasteiger partial charge is 0.306 e. The number of para-hydroxylation sites is 1. The molecule has 0 atom stereocenters. The lowest BCUT2D eigenvalue weighted by Crippen LogP contribution is -2.15. The van der Waals surface area contributed by atoms with E-state index in [4.69, 9.17) is 18.9 Å². The average molecular weight is 376 g/mol. The van der Waals surface area contributed by atoms with Crippen molar-refractivity contribution in [3.63, 3.8) is 0 Å². The third-order valence-corrected chi connectivity index (χ3v) is 3.92. The zero-order valence-electron chi connectivity index (χ0n) is 15.4. The predicted octanol–water partition coefficient (Wildman–Crippen LogP) is 3.21. The van der Waals surface area contributed by atoms with Crippen LogP contribution in [0.2, 0.25) is 0 Å². The predicted molar refractivity (Wildman–Crippen MR) is 96.1 cm³/mol. The van der Waals surface area contributed by atoms with E-state index < -0.39 is 24.2 Å². The molecule has 0 bridgehead atoms. The van der Waals surface area contributed by atoms with Crippen LogP contribution in [0.5, 0.6) is 17.2 Å². The van der Waals surface area contributed by atoms with Gasteiger partial charge in [-0.1, -0.05) is 12.1 Å². The van der Waals surface area contributed by atoms with Crippen LogP contribution in [-0.2, 0) is 16.0 Å². The molecule has 0 aliphatic carbocycles. The molecular formula is C20H21FO6. The third kappa shape index (κ3) is 5.20. The highest BCUT2D eigenvalue weighted by molar-refractivity contribution is 5.98. The van der Waals surface area contributed by atoms with Crippen LogP contribution in [0.3, 0.4) is 0 Å². The van der Waals surface area contributed by atoms with E-state index in [9.17, 15) is 14.0 Å². The van der Waals surface area contributed by atoms with Crippen LogP contribution in [0.1, 0.15) is 22.3 Å². The number of ether oxygens (including phenoxy) is 4. The number of rotatable bonds is 9. The van der Waals surface area contributed by atoms with Crippen molar-refractivity contribution in [2.75, 3.05) is 27.9 Å². The number of esters is 1. The lowest BCUT2D eigenvalue weighted by molar-refractivity contribution is -0.142. The summed E-state index contributed by atoms with van der Waals surface area (Å²) in [7, 11) is 4.38. The molecule has 0 aromatic heterocycles. The van der Waals surface area contributed by atoms with Crippen LogP contribution in [0.15, 0.2) is 36.4 Å². The molecule has 0 fully saturated rings. The second-order valence-electron chi connectivity index (χ2n) is 5.59. The molecule has 2 aromatic rings. The molecule has 0 spiro atoms. The van der Waals surface area contributed by atoms with E-state index in [1.807, 2.05) is 6.07 Å². The van der Waals surface area contributed by atoms with Crippen molar-refractivity contribution in [3.8, 4) is 17.2 Å². The van der Waals surface area contributed by atoms with Crippen molar-refractivity contribution in [2.45, 2.75) is 12.8 Å². The molecule has 2 rings (SSSR count). The quantitative estimate of drug-likeness (QED) is 0.494. The molecule has 2 aromatic carbocycles. The summed E-state index contributed by atoms with van der Waals surface area (Å²) in [5.41, 5.74) is 0.896. The first-order chi connectivity index (χ1) is 13.0. The highest BCUT2D eigenvalue weighted by Gasteiger charge is 2.15. The normalized spacial score (nSPS) is 10.2. The molecule has 0 aliphatic rings. The molecule has 7 heteroatoms. The molecule has 0 amide bonds. The van der Waals surface area contributed by atoms with E-state index in [0.29, 0.717) is 17.9 Å². The standard InChI is InChI=1S/C20H21FO6/c1-24-17-9-7-14(11-15(17)21)16(22)12-27-19(23)10-8-13-5-4-6-18(25-2)20(13)26-3/h4-7,9,11H,8,10,12H2,1-3H3. The number of carbonyl (C=O) groups is 2. The number of aryl methyl sites for hydroxylation is 1. The van der Waals surface area contributed by atoms with E-state index in [0.717, 1.165) is 11.6 Å². The summed E-state index contributed by atoms with van der Waals surface area (Å²) < 4.78 is 34.0. The van der Waals surface area contributed by atoms with E-state index in [-0.39, 0.29) is 17.7 Å². The van der Waals surface area contributed by atoms with Crippen molar-refractivity contribution in [3.05, 3.63) is 53.3 Å². The first-order valence-electron chi connectivity index (χ1n) is 8.22. The highest BCUT2D eigenvalue weighted by atomic mass is 19.1. The number of benzene rings is 2. The van der Waals surface area contributed by atoms with E-state index in [2.05, 4.69) is 0 Å². The number of hydrogen-bond acceptors (Lipinski definition) is 6. The summed E-state index contributed by atoms with van der Waals surface area (Å²) in [5, 5.41) is 0. The largest absolute Gasteiger partial charge is 0.494 e. The Morgan fingerprint density at radius 2 is 1.70 bits per heavy atom. The number of carbonyl (C=O) groups excluding carboxylic acids is 2. The number of halogens is 1. The second kappa shape index (κ2) is 9.56. The molecule has 0 heterocycles. The third-order valence-electron chi connectivity index (χ3n) is 3.92. The summed E-state index contributed by atoms with van der Waals surface area (Å²) in [4.78, 5) is 24.0. The fraction of sp³-hybridized carbons (Fsp3) is 0.300. The van der Waals surface area contributed by atoms with Gasteiger partial charge in [-0.15, -0.1) is 0 Å². The number of Topliss-reactive ketones (excluding diaryl/α,β-unsaturated/α-hetero) is 1. The zero-order chi connectivity index (χ0) is 19.8. The fourth-order valence-electron chi connectivity index (χ4n) is 2.53. The Labute approximate surface area is 156 Å². The summed E-state index contributed by atoms with van der Waals surface area (Å²) in [6, 6.07) is 9.19. The topological polar surface area (TPSA) is 71.1 Å². The van der Waals surface area contributed by atoms with Crippen molar-refractivity contribution < 1.29 is 32.9 Å². The van der Waals surface area contributed by atoms with Crippen molar-refractivity contribution in [1.29, 1.82) is 0 Å². The molecule has 144 valence electrons. The number of hydrogen-bond donors (Lipinski definition) is 0.